The standard InChI is InChI=1S/C12H13N3O2S2/c1-8(17-9-6-4-3-5-7-9)10(16)13-11-14-15-12(18-2)19-11/h3-8H,1-2H3,(H,13,14,16)/t8-/m1/s1. The van der Waals surface area contributed by atoms with Gasteiger partial charge in [0.15, 0.2) is 10.4 Å². The van der Waals surface area contributed by atoms with E-state index >= 15 is 0 Å². The van der Waals surface area contributed by atoms with E-state index in [1.165, 1.54) is 23.1 Å². The molecule has 2 aromatic rings. The molecule has 0 saturated heterocycles. The minimum atomic E-state index is -0.593. The largest absolute Gasteiger partial charge is 0.481 e. The maximum absolute atomic E-state index is 11.9. The molecular weight excluding hydrogens is 282 g/mol. The number of hydrogen-bond acceptors (Lipinski definition) is 6. The van der Waals surface area contributed by atoms with Gasteiger partial charge in [-0.2, -0.15) is 0 Å². The molecule has 0 aliphatic rings. The highest BCUT2D eigenvalue weighted by Gasteiger charge is 2.16. The topological polar surface area (TPSA) is 64.1 Å². The third-order valence-corrected chi connectivity index (χ3v) is 4.05. The fourth-order valence-corrected chi connectivity index (χ4v) is 2.48. The number of anilines is 1. The minimum Gasteiger partial charge on any atom is -0.481 e. The predicted molar refractivity (Wildman–Crippen MR) is 76.9 cm³/mol. The Morgan fingerprint density at radius 2 is 2.11 bits per heavy atom. The van der Waals surface area contributed by atoms with Gasteiger partial charge >= 0.3 is 0 Å². The van der Waals surface area contributed by atoms with Crippen molar-refractivity contribution in [3.8, 4) is 5.75 Å². The van der Waals surface area contributed by atoms with Crippen LogP contribution in [0.2, 0.25) is 0 Å². The maximum Gasteiger partial charge on any atom is 0.266 e. The van der Waals surface area contributed by atoms with Crippen molar-refractivity contribution < 1.29 is 9.53 Å². The van der Waals surface area contributed by atoms with Crippen LogP contribution in [0.15, 0.2) is 34.7 Å². The molecule has 1 N–H and O–H groups in total. The van der Waals surface area contributed by atoms with Crippen LogP contribution in [0.4, 0.5) is 5.13 Å². The summed E-state index contributed by atoms with van der Waals surface area (Å²) >= 11 is 2.83. The molecule has 1 heterocycles. The Balaban J connectivity index is 1.92. The van der Waals surface area contributed by atoms with Crippen molar-refractivity contribution >= 4 is 34.1 Å². The van der Waals surface area contributed by atoms with Gasteiger partial charge in [-0.3, -0.25) is 10.1 Å². The molecule has 0 radical (unpaired) electrons. The molecule has 1 amide bonds. The van der Waals surface area contributed by atoms with Gasteiger partial charge in [-0.15, -0.1) is 10.2 Å². The first-order valence-electron chi connectivity index (χ1n) is 5.59. The van der Waals surface area contributed by atoms with Crippen LogP contribution in [0.25, 0.3) is 0 Å². The first-order chi connectivity index (χ1) is 9.19. The molecule has 1 atom stereocenters. The van der Waals surface area contributed by atoms with E-state index < -0.39 is 6.10 Å². The van der Waals surface area contributed by atoms with Crippen LogP contribution in [0.3, 0.4) is 0 Å². The summed E-state index contributed by atoms with van der Waals surface area (Å²) in [7, 11) is 0. The highest BCUT2D eigenvalue weighted by Crippen LogP contribution is 2.23. The van der Waals surface area contributed by atoms with Gasteiger partial charge in [0.05, 0.1) is 0 Å². The molecule has 0 aliphatic heterocycles. The number of benzene rings is 1. The lowest BCUT2D eigenvalue weighted by atomic mass is 10.3. The Kier molecular flexibility index (Phi) is 4.75. The molecule has 0 saturated carbocycles. The normalized spacial score (nSPS) is 11.9. The van der Waals surface area contributed by atoms with E-state index in [1.807, 2.05) is 24.5 Å². The zero-order valence-electron chi connectivity index (χ0n) is 10.5. The van der Waals surface area contributed by atoms with E-state index in [1.54, 1.807) is 19.1 Å². The second kappa shape index (κ2) is 6.53. The van der Waals surface area contributed by atoms with Gasteiger partial charge in [-0.1, -0.05) is 41.3 Å². The summed E-state index contributed by atoms with van der Waals surface area (Å²) < 4.78 is 6.33. The Labute approximate surface area is 119 Å². The van der Waals surface area contributed by atoms with Crippen molar-refractivity contribution in [2.45, 2.75) is 17.4 Å². The van der Waals surface area contributed by atoms with E-state index in [0.717, 1.165) is 4.34 Å². The molecule has 7 heteroatoms. The van der Waals surface area contributed by atoms with Crippen molar-refractivity contribution in [2.24, 2.45) is 0 Å². The van der Waals surface area contributed by atoms with Crippen molar-refractivity contribution in [3.05, 3.63) is 30.3 Å². The van der Waals surface area contributed by atoms with Crippen molar-refractivity contribution in [2.75, 3.05) is 11.6 Å². The number of hydrogen-bond donors (Lipinski definition) is 1. The van der Waals surface area contributed by atoms with Crippen LogP contribution >= 0.6 is 23.1 Å². The first kappa shape index (κ1) is 13.8. The summed E-state index contributed by atoms with van der Waals surface area (Å²) in [6, 6.07) is 9.22. The van der Waals surface area contributed by atoms with E-state index in [4.69, 9.17) is 4.74 Å². The highest BCUT2D eigenvalue weighted by molar-refractivity contribution is 8.00. The van der Waals surface area contributed by atoms with E-state index in [9.17, 15) is 4.79 Å². The van der Waals surface area contributed by atoms with Crippen molar-refractivity contribution in [1.29, 1.82) is 0 Å². The zero-order chi connectivity index (χ0) is 13.7. The molecule has 0 bridgehead atoms. The van der Waals surface area contributed by atoms with Crippen molar-refractivity contribution in [3.63, 3.8) is 0 Å². The fourth-order valence-electron chi connectivity index (χ4n) is 1.31. The van der Waals surface area contributed by atoms with Crippen LogP contribution in [0.1, 0.15) is 6.92 Å². The predicted octanol–water partition coefficient (Wildman–Crippen LogP) is 2.67. The lowest BCUT2D eigenvalue weighted by Crippen LogP contribution is -2.30. The molecule has 100 valence electrons. The molecule has 0 unspecified atom stereocenters. The Morgan fingerprint density at radius 1 is 1.37 bits per heavy atom. The summed E-state index contributed by atoms with van der Waals surface area (Å²) in [5, 5.41) is 11.0. The maximum atomic E-state index is 11.9. The molecule has 0 fully saturated rings. The molecule has 5 nitrogen and oxygen atoms in total. The number of carbonyl (C=O) groups is 1. The summed E-state index contributed by atoms with van der Waals surface area (Å²) in [6.45, 7) is 1.69. The third-order valence-electron chi connectivity index (χ3n) is 2.24. The summed E-state index contributed by atoms with van der Waals surface area (Å²) in [5.41, 5.74) is 0. The summed E-state index contributed by atoms with van der Waals surface area (Å²) in [6.07, 6.45) is 1.32. The quantitative estimate of drug-likeness (QED) is 0.678. The van der Waals surface area contributed by atoms with Gasteiger partial charge in [-0.05, 0) is 25.3 Å². The number of nitrogens with one attached hydrogen (secondary N) is 1. The van der Waals surface area contributed by atoms with E-state index in [0.29, 0.717) is 10.9 Å². The molecule has 2 rings (SSSR count). The molecular formula is C12H13N3O2S2. The van der Waals surface area contributed by atoms with Gasteiger partial charge in [0.2, 0.25) is 5.13 Å². The lowest BCUT2D eigenvalue weighted by molar-refractivity contribution is -0.122. The number of ether oxygens (including phenoxy) is 1. The first-order valence-corrected chi connectivity index (χ1v) is 7.63. The molecule has 1 aromatic carbocycles. The Morgan fingerprint density at radius 3 is 2.74 bits per heavy atom. The number of rotatable bonds is 5. The lowest BCUT2D eigenvalue weighted by Gasteiger charge is -2.13. The van der Waals surface area contributed by atoms with Crippen molar-refractivity contribution in [1.82, 2.24) is 10.2 Å². The number of carbonyl (C=O) groups excluding carboxylic acids is 1. The number of nitrogens with zero attached hydrogens (tertiary/aromatic N) is 2. The van der Waals surface area contributed by atoms with Gasteiger partial charge in [0.1, 0.15) is 5.75 Å². The Bertz CT molecular complexity index is 545. The van der Waals surface area contributed by atoms with Crippen LogP contribution in [-0.4, -0.2) is 28.5 Å². The van der Waals surface area contributed by atoms with Crippen LogP contribution in [0, 0.1) is 0 Å². The third kappa shape index (κ3) is 3.93. The van der Waals surface area contributed by atoms with Crippen LogP contribution in [-0.2, 0) is 4.79 Å². The molecule has 0 spiro atoms. The second-order valence-corrected chi connectivity index (χ2v) is 5.67. The van der Waals surface area contributed by atoms with Gasteiger partial charge in [-0.25, -0.2) is 0 Å². The van der Waals surface area contributed by atoms with E-state index in [-0.39, 0.29) is 5.91 Å². The number of thioether (sulfide) groups is 1. The van der Waals surface area contributed by atoms with Crippen LogP contribution in [0.5, 0.6) is 5.75 Å². The zero-order valence-corrected chi connectivity index (χ0v) is 12.1. The number of aromatic nitrogens is 2. The van der Waals surface area contributed by atoms with Gasteiger partial charge < -0.3 is 4.74 Å². The summed E-state index contributed by atoms with van der Waals surface area (Å²) in [5.74, 6) is 0.417. The second-order valence-electron chi connectivity index (χ2n) is 3.64. The molecule has 1 aromatic heterocycles. The monoisotopic (exact) mass is 295 g/mol. The molecule has 0 aliphatic carbocycles. The fraction of sp³-hybridized carbons (Fsp3) is 0.250. The SMILES string of the molecule is CSc1nnc(NC(=O)[C@@H](C)Oc2ccccc2)s1. The Hall–Kier alpha value is -1.60. The molecule has 19 heavy (non-hydrogen) atoms. The number of para-hydroxylation sites is 1. The summed E-state index contributed by atoms with van der Waals surface area (Å²) in [4.78, 5) is 11.9. The highest BCUT2D eigenvalue weighted by atomic mass is 32.2. The number of amides is 1. The van der Waals surface area contributed by atoms with Gasteiger partial charge in [0.25, 0.3) is 5.91 Å². The minimum absolute atomic E-state index is 0.243. The average Bonchev–Trinajstić information content (AvgIpc) is 2.87. The van der Waals surface area contributed by atoms with Gasteiger partial charge in [0, 0.05) is 0 Å². The average molecular weight is 295 g/mol. The smallest absolute Gasteiger partial charge is 0.266 e. The van der Waals surface area contributed by atoms with Crippen LogP contribution < -0.4 is 10.1 Å². The van der Waals surface area contributed by atoms with E-state index in [2.05, 4.69) is 15.5 Å².